The van der Waals surface area contributed by atoms with Crippen LogP contribution in [0.25, 0.3) is 0 Å². The Hall–Kier alpha value is -2.65. The summed E-state index contributed by atoms with van der Waals surface area (Å²) in [6, 6.07) is 3.21. The number of fused-ring (bicyclic) bond motifs is 1. The number of carbonyl (C=O) groups excluding carboxylic acids is 1. The van der Waals surface area contributed by atoms with Gasteiger partial charge in [0.1, 0.15) is 12.2 Å². The predicted octanol–water partition coefficient (Wildman–Crippen LogP) is 1.26. The molecule has 0 aromatic carbocycles. The van der Waals surface area contributed by atoms with E-state index in [4.69, 9.17) is 0 Å². The molecule has 140 valence electrons. The van der Waals surface area contributed by atoms with E-state index in [9.17, 15) is 22.8 Å². The maximum atomic E-state index is 12.5. The molecular formula is C16H18F3N5O2. The number of halogens is 3. The van der Waals surface area contributed by atoms with Crippen molar-refractivity contribution < 1.29 is 18.0 Å². The van der Waals surface area contributed by atoms with Crippen LogP contribution in [-0.2, 0) is 24.3 Å². The van der Waals surface area contributed by atoms with Gasteiger partial charge in [-0.25, -0.2) is 9.48 Å². The molecule has 1 N–H and O–H groups in total. The minimum Gasteiger partial charge on any atom is -0.353 e. The summed E-state index contributed by atoms with van der Waals surface area (Å²) < 4.78 is 39.7. The monoisotopic (exact) mass is 369 g/mol. The Labute approximate surface area is 146 Å². The first-order valence-electron chi connectivity index (χ1n) is 8.23. The van der Waals surface area contributed by atoms with Crippen LogP contribution in [-0.4, -0.2) is 37.5 Å². The van der Waals surface area contributed by atoms with Gasteiger partial charge in [0.15, 0.2) is 0 Å². The maximum Gasteiger partial charge on any atom is 0.397 e. The fraction of sp³-hybridized carbons (Fsp3) is 0.500. The zero-order valence-electron chi connectivity index (χ0n) is 13.9. The molecule has 1 aliphatic heterocycles. The van der Waals surface area contributed by atoms with Crippen LogP contribution in [0.4, 0.5) is 13.2 Å². The number of hydrogen-bond donors (Lipinski definition) is 1. The molecule has 10 heteroatoms. The van der Waals surface area contributed by atoms with Crippen LogP contribution in [0, 0.1) is 0 Å². The Kier molecular flexibility index (Phi) is 5.10. The number of hydrogen-bond acceptors (Lipinski definition) is 4. The third-order valence-electron chi connectivity index (χ3n) is 4.20. The quantitative estimate of drug-likeness (QED) is 0.880. The van der Waals surface area contributed by atoms with E-state index in [-0.39, 0.29) is 5.69 Å². The molecule has 26 heavy (non-hydrogen) atoms. The second kappa shape index (κ2) is 7.30. The minimum absolute atomic E-state index is 0.272. The van der Waals surface area contributed by atoms with Gasteiger partial charge in [0.25, 0.3) is 0 Å². The van der Waals surface area contributed by atoms with Gasteiger partial charge in [-0.15, -0.1) is 0 Å². The second-order valence-electron chi connectivity index (χ2n) is 6.25. The van der Waals surface area contributed by atoms with E-state index in [2.05, 4.69) is 15.4 Å². The van der Waals surface area contributed by atoms with Crippen molar-refractivity contribution >= 4 is 5.91 Å². The van der Waals surface area contributed by atoms with Crippen LogP contribution in [0.1, 0.15) is 30.7 Å². The summed E-state index contributed by atoms with van der Waals surface area (Å²) in [5.41, 5.74) is 0.575. The maximum absolute atomic E-state index is 12.5. The minimum atomic E-state index is -4.53. The summed E-state index contributed by atoms with van der Waals surface area (Å²) in [5.74, 6) is -0.470. The number of carbonyl (C=O) groups is 1. The van der Waals surface area contributed by atoms with E-state index in [1.807, 2.05) is 6.07 Å². The lowest BCUT2D eigenvalue weighted by Gasteiger charge is -2.16. The predicted molar refractivity (Wildman–Crippen MR) is 85.4 cm³/mol. The van der Waals surface area contributed by atoms with Gasteiger partial charge in [0, 0.05) is 31.4 Å². The van der Waals surface area contributed by atoms with E-state index < -0.39 is 24.5 Å². The summed E-state index contributed by atoms with van der Waals surface area (Å²) in [7, 11) is 0. The number of aromatic nitrogens is 4. The molecule has 1 amide bonds. The van der Waals surface area contributed by atoms with Gasteiger partial charge in [-0.2, -0.15) is 18.3 Å². The Balaban J connectivity index is 1.64. The van der Waals surface area contributed by atoms with Gasteiger partial charge >= 0.3 is 11.9 Å². The second-order valence-corrected chi connectivity index (χ2v) is 6.25. The molecule has 0 saturated heterocycles. The van der Waals surface area contributed by atoms with Crippen LogP contribution in [0.3, 0.4) is 0 Å². The average molecular weight is 369 g/mol. The molecule has 1 unspecified atom stereocenters. The number of pyridine rings is 1. The average Bonchev–Trinajstić information content (AvgIpc) is 2.72. The first-order chi connectivity index (χ1) is 12.3. The van der Waals surface area contributed by atoms with Crippen molar-refractivity contribution in [3.8, 4) is 0 Å². The molecule has 3 rings (SSSR count). The van der Waals surface area contributed by atoms with Gasteiger partial charge in [-0.05, 0) is 24.5 Å². The third kappa shape index (κ3) is 4.50. The van der Waals surface area contributed by atoms with Crippen LogP contribution in [0.2, 0.25) is 0 Å². The molecule has 1 aliphatic rings. The van der Waals surface area contributed by atoms with E-state index in [1.165, 1.54) is 9.25 Å². The first kappa shape index (κ1) is 18.2. The highest BCUT2D eigenvalue weighted by atomic mass is 19.4. The van der Waals surface area contributed by atoms with Crippen molar-refractivity contribution in [2.75, 3.05) is 0 Å². The number of rotatable bonds is 4. The van der Waals surface area contributed by atoms with Gasteiger partial charge in [-0.1, -0.05) is 6.07 Å². The van der Waals surface area contributed by atoms with Gasteiger partial charge < -0.3 is 5.32 Å². The molecule has 3 heterocycles. The van der Waals surface area contributed by atoms with E-state index >= 15 is 0 Å². The van der Waals surface area contributed by atoms with Gasteiger partial charge in [0.05, 0.1) is 6.54 Å². The highest BCUT2D eigenvalue weighted by Gasteiger charge is 2.32. The molecule has 0 spiro atoms. The third-order valence-corrected chi connectivity index (χ3v) is 4.20. The van der Waals surface area contributed by atoms with Crippen molar-refractivity contribution in [3.63, 3.8) is 0 Å². The molecule has 0 saturated carbocycles. The number of amides is 1. The van der Waals surface area contributed by atoms with Gasteiger partial charge in [0.2, 0.25) is 5.91 Å². The molecule has 1 atom stereocenters. The van der Waals surface area contributed by atoms with Crippen LogP contribution < -0.4 is 11.0 Å². The molecule has 0 aliphatic carbocycles. The van der Waals surface area contributed by atoms with Crippen molar-refractivity contribution in [2.24, 2.45) is 0 Å². The Morgan fingerprint density at radius 1 is 1.35 bits per heavy atom. The van der Waals surface area contributed by atoms with E-state index in [0.717, 1.165) is 5.56 Å². The first-order valence-corrected chi connectivity index (χ1v) is 8.23. The van der Waals surface area contributed by atoms with Crippen LogP contribution in [0.15, 0.2) is 29.3 Å². The van der Waals surface area contributed by atoms with Crippen molar-refractivity contribution in [3.05, 3.63) is 46.4 Å². The molecule has 0 bridgehead atoms. The molecular weight excluding hydrogens is 351 g/mol. The molecule has 0 radical (unpaired) electrons. The number of nitrogens with zero attached hydrogens (tertiary/aromatic N) is 4. The largest absolute Gasteiger partial charge is 0.397 e. The number of aryl methyl sites for hydroxylation is 1. The zero-order valence-corrected chi connectivity index (χ0v) is 13.9. The van der Waals surface area contributed by atoms with Crippen molar-refractivity contribution in [2.45, 2.75) is 51.0 Å². The fourth-order valence-electron chi connectivity index (χ4n) is 3.00. The number of alkyl halides is 3. The molecule has 2 aromatic heterocycles. The van der Waals surface area contributed by atoms with Crippen LogP contribution in [0.5, 0.6) is 0 Å². The topological polar surface area (TPSA) is 81.8 Å². The van der Waals surface area contributed by atoms with E-state index in [0.29, 0.717) is 38.2 Å². The molecule has 2 aromatic rings. The normalized spacial score (nSPS) is 17.4. The van der Waals surface area contributed by atoms with Crippen LogP contribution >= 0.6 is 0 Å². The Bertz CT molecular complexity index is 829. The lowest BCUT2D eigenvalue weighted by Crippen LogP contribution is -2.38. The lowest BCUT2D eigenvalue weighted by atomic mass is 10.1. The highest BCUT2D eigenvalue weighted by molar-refractivity contribution is 5.76. The summed E-state index contributed by atoms with van der Waals surface area (Å²) in [5, 5.41) is 6.72. The fourth-order valence-corrected chi connectivity index (χ4v) is 3.00. The SMILES string of the molecule is O=C(CC(F)(F)F)NC1CCc2nn(Cc3cccnc3)c(=O)n2CC1. The molecule has 7 nitrogen and oxygen atoms in total. The standard InChI is InChI=1S/C16H18F3N5O2/c17-16(18,19)8-14(25)21-12-3-4-13-22-24(15(26)23(13)7-5-12)10-11-2-1-6-20-9-11/h1-2,6,9,12H,3-5,7-8,10H2,(H,21,25). The van der Waals surface area contributed by atoms with Crippen molar-refractivity contribution in [1.82, 2.24) is 24.6 Å². The lowest BCUT2D eigenvalue weighted by molar-refractivity contribution is -0.154. The summed E-state index contributed by atoms with van der Waals surface area (Å²) in [6.45, 7) is 0.608. The molecule has 0 fully saturated rings. The number of nitrogens with one attached hydrogen (secondary N) is 1. The smallest absolute Gasteiger partial charge is 0.353 e. The summed E-state index contributed by atoms with van der Waals surface area (Å²) in [6.07, 6.45) is -1.49. The zero-order chi connectivity index (χ0) is 18.7. The highest BCUT2D eigenvalue weighted by Crippen LogP contribution is 2.20. The van der Waals surface area contributed by atoms with E-state index in [1.54, 1.807) is 18.5 Å². The summed E-state index contributed by atoms with van der Waals surface area (Å²) >= 11 is 0. The van der Waals surface area contributed by atoms with Crippen molar-refractivity contribution in [1.29, 1.82) is 0 Å². The van der Waals surface area contributed by atoms with Gasteiger partial charge in [-0.3, -0.25) is 14.3 Å². The Morgan fingerprint density at radius 3 is 2.85 bits per heavy atom. The summed E-state index contributed by atoms with van der Waals surface area (Å²) in [4.78, 5) is 27.9. The Morgan fingerprint density at radius 2 is 2.15 bits per heavy atom.